The molecule has 1 aliphatic rings. The molecule has 1 aromatic carbocycles. The Morgan fingerprint density at radius 2 is 2.08 bits per heavy atom. The summed E-state index contributed by atoms with van der Waals surface area (Å²) in [4.78, 5) is 24.1. The number of amides is 1. The van der Waals surface area contributed by atoms with E-state index in [4.69, 9.17) is 15.2 Å². The van der Waals surface area contributed by atoms with Crippen LogP contribution in [-0.2, 0) is 25.6 Å². The predicted octanol–water partition coefficient (Wildman–Crippen LogP) is 1.65. The normalized spacial score (nSPS) is 16.6. The summed E-state index contributed by atoms with van der Waals surface area (Å²) >= 11 is 0. The Balaban J connectivity index is 1.73. The molecule has 0 saturated carbocycles. The highest BCUT2D eigenvalue weighted by atomic mass is 16.5. The summed E-state index contributed by atoms with van der Waals surface area (Å²) in [7, 11) is 0. The summed E-state index contributed by atoms with van der Waals surface area (Å²) < 4.78 is 12.1. The van der Waals surface area contributed by atoms with E-state index in [9.17, 15) is 9.59 Å². The van der Waals surface area contributed by atoms with Gasteiger partial charge in [-0.05, 0) is 44.0 Å². The number of rotatable bonds is 5. The first-order valence-electron chi connectivity index (χ1n) is 8.44. The summed E-state index contributed by atoms with van der Waals surface area (Å²) in [5.41, 5.74) is 6.90. The first-order valence-corrected chi connectivity index (χ1v) is 8.44. The molecule has 1 aromatic heterocycles. The lowest BCUT2D eigenvalue weighted by molar-refractivity contribution is -0.143. The minimum absolute atomic E-state index is 0.162. The van der Waals surface area contributed by atoms with Crippen molar-refractivity contribution in [3.63, 3.8) is 0 Å². The summed E-state index contributed by atoms with van der Waals surface area (Å²) in [5.74, 6) is -0.469. The molecule has 0 aliphatic carbocycles. The second-order valence-electron chi connectivity index (χ2n) is 6.24. The Morgan fingerprint density at radius 3 is 2.80 bits per heavy atom. The minimum Gasteiger partial charge on any atom is -0.465 e. The van der Waals surface area contributed by atoms with Gasteiger partial charge >= 0.3 is 5.97 Å². The number of nitrogens with one attached hydrogen (secondary N) is 1. The summed E-state index contributed by atoms with van der Waals surface area (Å²) in [6.45, 7) is 3.30. The van der Waals surface area contributed by atoms with Gasteiger partial charge in [-0.1, -0.05) is 0 Å². The Kier molecular flexibility index (Phi) is 5.06. The van der Waals surface area contributed by atoms with Crippen LogP contribution in [0, 0.1) is 0 Å². The molecule has 0 atom stereocenters. The largest absolute Gasteiger partial charge is 0.465 e. The zero-order valence-corrected chi connectivity index (χ0v) is 14.3. The van der Waals surface area contributed by atoms with Gasteiger partial charge in [-0.25, -0.2) is 0 Å². The standard InChI is InChI=1S/C18H23N3O4/c1-2-25-16(22)12-21-8-5-13-11-14(3-4-15(13)21)20-17(23)18(19)6-9-24-10-7-18/h3-5,8,11H,2,6-7,9-10,12,19H2,1H3,(H,20,23). The molecule has 25 heavy (non-hydrogen) atoms. The van der Waals surface area contributed by atoms with Crippen molar-refractivity contribution in [3.8, 4) is 0 Å². The van der Waals surface area contributed by atoms with E-state index in [2.05, 4.69) is 5.32 Å². The fourth-order valence-electron chi connectivity index (χ4n) is 2.98. The fraction of sp³-hybridized carbons (Fsp3) is 0.444. The maximum atomic E-state index is 12.5. The molecule has 2 aromatic rings. The first kappa shape index (κ1) is 17.4. The lowest BCUT2D eigenvalue weighted by Crippen LogP contribution is -2.54. The number of hydrogen-bond acceptors (Lipinski definition) is 5. The molecule has 7 heteroatoms. The maximum Gasteiger partial charge on any atom is 0.325 e. The van der Waals surface area contributed by atoms with Crippen LogP contribution < -0.4 is 11.1 Å². The molecule has 1 aliphatic heterocycles. The van der Waals surface area contributed by atoms with Crippen molar-refractivity contribution >= 4 is 28.5 Å². The number of fused-ring (bicyclic) bond motifs is 1. The van der Waals surface area contributed by atoms with Crippen molar-refractivity contribution in [2.75, 3.05) is 25.1 Å². The number of nitrogens with zero attached hydrogens (tertiary/aromatic N) is 1. The predicted molar refractivity (Wildman–Crippen MR) is 94.2 cm³/mol. The molecule has 3 rings (SSSR count). The maximum absolute atomic E-state index is 12.5. The number of ether oxygens (including phenoxy) is 2. The Hall–Kier alpha value is -2.38. The molecular formula is C18H23N3O4. The van der Waals surface area contributed by atoms with Crippen LogP contribution >= 0.6 is 0 Å². The number of hydrogen-bond donors (Lipinski definition) is 2. The smallest absolute Gasteiger partial charge is 0.325 e. The van der Waals surface area contributed by atoms with Gasteiger partial charge in [-0.15, -0.1) is 0 Å². The van der Waals surface area contributed by atoms with E-state index in [0.717, 1.165) is 10.9 Å². The first-order chi connectivity index (χ1) is 12.0. The third kappa shape index (κ3) is 3.83. The molecule has 7 nitrogen and oxygen atoms in total. The van der Waals surface area contributed by atoms with Gasteiger partial charge < -0.3 is 25.1 Å². The zero-order valence-electron chi connectivity index (χ0n) is 14.3. The van der Waals surface area contributed by atoms with Gasteiger partial charge in [0.1, 0.15) is 12.1 Å². The van der Waals surface area contributed by atoms with Crippen LogP contribution in [0.2, 0.25) is 0 Å². The Morgan fingerprint density at radius 1 is 1.32 bits per heavy atom. The Bertz CT molecular complexity index is 778. The van der Waals surface area contributed by atoms with Crippen LogP contribution in [0.1, 0.15) is 19.8 Å². The number of anilines is 1. The van der Waals surface area contributed by atoms with E-state index >= 15 is 0 Å². The molecular weight excluding hydrogens is 322 g/mol. The molecule has 0 radical (unpaired) electrons. The number of esters is 1. The lowest BCUT2D eigenvalue weighted by atomic mass is 9.90. The van der Waals surface area contributed by atoms with Crippen molar-refractivity contribution in [2.24, 2.45) is 5.73 Å². The fourth-order valence-corrected chi connectivity index (χ4v) is 2.98. The van der Waals surface area contributed by atoms with Crippen molar-refractivity contribution in [1.29, 1.82) is 0 Å². The molecule has 0 spiro atoms. The van der Waals surface area contributed by atoms with Gasteiger partial charge in [0.2, 0.25) is 5.91 Å². The average molecular weight is 345 g/mol. The van der Waals surface area contributed by atoms with Gasteiger partial charge in [0.05, 0.1) is 6.61 Å². The second-order valence-corrected chi connectivity index (χ2v) is 6.24. The quantitative estimate of drug-likeness (QED) is 0.804. The number of aromatic nitrogens is 1. The average Bonchev–Trinajstić information content (AvgIpc) is 2.98. The third-order valence-corrected chi connectivity index (χ3v) is 4.47. The zero-order chi connectivity index (χ0) is 17.9. The van der Waals surface area contributed by atoms with Crippen molar-refractivity contribution < 1.29 is 19.1 Å². The number of benzene rings is 1. The van der Waals surface area contributed by atoms with Gasteiger partial charge in [-0.3, -0.25) is 9.59 Å². The number of carbonyl (C=O) groups excluding carboxylic acids is 2. The molecule has 1 saturated heterocycles. The van der Waals surface area contributed by atoms with E-state index in [1.54, 1.807) is 6.92 Å². The third-order valence-electron chi connectivity index (χ3n) is 4.47. The van der Waals surface area contributed by atoms with Crippen LogP contribution in [-0.4, -0.2) is 41.8 Å². The van der Waals surface area contributed by atoms with E-state index in [1.165, 1.54) is 0 Å². The topological polar surface area (TPSA) is 95.6 Å². The van der Waals surface area contributed by atoms with Crippen LogP contribution in [0.3, 0.4) is 0 Å². The molecule has 2 heterocycles. The van der Waals surface area contributed by atoms with Gasteiger partial charge in [-0.2, -0.15) is 0 Å². The van der Waals surface area contributed by atoms with E-state index in [1.807, 2.05) is 35.0 Å². The molecule has 1 amide bonds. The lowest BCUT2D eigenvalue weighted by Gasteiger charge is -2.31. The minimum atomic E-state index is -0.886. The molecule has 0 bridgehead atoms. The van der Waals surface area contributed by atoms with Gasteiger partial charge in [0, 0.05) is 36.0 Å². The van der Waals surface area contributed by atoms with Crippen LogP contribution in [0.4, 0.5) is 5.69 Å². The van der Waals surface area contributed by atoms with Crippen molar-refractivity contribution in [2.45, 2.75) is 31.8 Å². The highest BCUT2D eigenvalue weighted by molar-refractivity contribution is 5.99. The summed E-state index contributed by atoms with van der Waals surface area (Å²) in [6.07, 6.45) is 2.85. The van der Waals surface area contributed by atoms with Crippen molar-refractivity contribution in [1.82, 2.24) is 4.57 Å². The van der Waals surface area contributed by atoms with Crippen LogP contribution in [0.15, 0.2) is 30.5 Å². The van der Waals surface area contributed by atoms with Crippen molar-refractivity contribution in [3.05, 3.63) is 30.5 Å². The molecule has 0 unspecified atom stereocenters. The SMILES string of the molecule is CCOC(=O)Cn1ccc2cc(NC(=O)C3(N)CCOCC3)ccc21. The molecule has 134 valence electrons. The number of carbonyl (C=O) groups is 2. The van der Waals surface area contributed by atoms with E-state index in [0.29, 0.717) is 38.3 Å². The van der Waals surface area contributed by atoms with Gasteiger partial charge in [0.25, 0.3) is 0 Å². The number of nitrogens with two attached hydrogens (primary N) is 1. The van der Waals surface area contributed by atoms with Crippen LogP contribution in [0.5, 0.6) is 0 Å². The second kappa shape index (κ2) is 7.25. The molecule has 3 N–H and O–H groups in total. The van der Waals surface area contributed by atoms with Crippen LogP contribution in [0.25, 0.3) is 10.9 Å². The summed E-state index contributed by atoms with van der Waals surface area (Å²) in [6, 6.07) is 7.45. The monoisotopic (exact) mass is 345 g/mol. The summed E-state index contributed by atoms with van der Waals surface area (Å²) in [5, 5.41) is 3.82. The highest BCUT2D eigenvalue weighted by Crippen LogP contribution is 2.23. The van der Waals surface area contributed by atoms with E-state index in [-0.39, 0.29) is 18.4 Å². The molecule has 1 fully saturated rings. The van der Waals surface area contributed by atoms with E-state index < -0.39 is 5.54 Å². The Labute approximate surface area is 146 Å². The van der Waals surface area contributed by atoms with Gasteiger partial charge in [0.15, 0.2) is 0 Å². The highest BCUT2D eigenvalue weighted by Gasteiger charge is 2.35.